The number of benzene rings is 1. The first-order valence-corrected chi connectivity index (χ1v) is 6.10. The molecule has 0 spiro atoms. The molecule has 2 aromatic rings. The van der Waals surface area contributed by atoms with Crippen LogP contribution in [0.4, 0.5) is 4.39 Å². The Labute approximate surface area is 111 Å². The summed E-state index contributed by atoms with van der Waals surface area (Å²) in [4.78, 5) is 4.09. The molecule has 1 aromatic carbocycles. The summed E-state index contributed by atoms with van der Waals surface area (Å²) in [6, 6.07) is 10.8. The third-order valence-corrected chi connectivity index (χ3v) is 3.21. The third kappa shape index (κ3) is 3.06. The summed E-state index contributed by atoms with van der Waals surface area (Å²) < 4.78 is 12.8. The Morgan fingerprint density at radius 3 is 2.67 bits per heavy atom. The zero-order valence-corrected chi connectivity index (χ0v) is 10.8. The van der Waals surface area contributed by atoms with E-state index in [-0.39, 0.29) is 11.9 Å². The van der Waals surface area contributed by atoms with Gasteiger partial charge in [0.15, 0.2) is 0 Å². The Bertz CT molecular complexity index is 513. The Hall–Kier alpha value is -1.45. The van der Waals surface area contributed by atoms with Crippen LogP contribution in [-0.2, 0) is 6.42 Å². The van der Waals surface area contributed by atoms with Gasteiger partial charge >= 0.3 is 0 Å². The van der Waals surface area contributed by atoms with Crippen molar-refractivity contribution < 1.29 is 4.39 Å². The van der Waals surface area contributed by atoms with Crippen LogP contribution in [0, 0.1) is 5.82 Å². The predicted molar refractivity (Wildman–Crippen MR) is 71.2 cm³/mol. The van der Waals surface area contributed by atoms with Gasteiger partial charge in [-0.1, -0.05) is 29.8 Å². The maximum absolute atomic E-state index is 12.8. The van der Waals surface area contributed by atoms with Gasteiger partial charge in [-0.3, -0.25) is 4.98 Å². The number of halogens is 2. The van der Waals surface area contributed by atoms with Gasteiger partial charge in [-0.05, 0) is 37.2 Å². The van der Waals surface area contributed by atoms with Gasteiger partial charge in [-0.15, -0.1) is 0 Å². The van der Waals surface area contributed by atoms with Crippen molar-refractivity contribution in [1.29, 1.82) is 0 Å². The van der Waals surface area contributed by atoms with Crippen LogP contribution in [0.5, 0.6) is 0 Å². The first-order valence-electron chi connectivity index (χ1n) is 5.73. The SMILES string of the molecule is CNC(Cc1ccccc1Cl)c1ccc(F)cn1. The normalized spacial score (nSPS) is 12.4. The lowest BCUT2D eigenvalue weighted by Crippen LogP contribution is -2.20. The van der Waals surface area contributed by atoms with E-state index in [1.54, 1.807) is 6.07 Å². The minimum Gasteiger partial charge on any atom is -0.311 e. The van der Waals surface area contributed by atoms with E-state index in [1.165, 1.54) is 12.3 Å². The number of aromatic nitrogens is 1. The fourth-order valence-corrected chi connectivity index (χ4v) is 2.04. The van der Waals surface area contributed by atoms with Crippen molar-refractivity contribution in [3.63, 3.8) is 0 Å². The second kappa shape index (κ2) is 5.94. The number of hydrogen-bond donors (Lipinski definition) is 1. The van der Waals surface area contributed by atoms with E-state index in [0.717, 1.165) is 22.7 Å². The summed E-state index contributed by atoms with van der Waals surface area (Å²) in [6.07, 6.45) is 1.95. The van der Waals surface area contributed by atoms with E-state index >= 15 is 0 Å². The van der Waals surface area contributed by atoms with Crippen molar-refractivity contribution in [2.75, 3.05) is 7.05 Å². The van der Waals surface area contributed by atoms with Crippen molar-refractivity contribution in [3.05, 3.63) is 64.7 Å². The highest BCUT2D eigenvalue weighted by Crippen LogP contribution is 2.22. The molecular formula is C14H14ClFN2. The topological polar surface area (TPSA) is 24.9 Å². The second-order valence-electron chi connectivity index (χ2n) is 4.04. The average molecular weight is 265 g/mol. The largest absolute Gasteiger partial charge is 0.311 e. The highest BCUT2D eigenvalue weighted by atomic mass is 35.5. The fourth-order valence-electron chi connectivity index (χ4n) is 1.83. The van der Waals surface area contributed by atoms with Gasteiger partial charge < -0.3 is 5.32 Å². The number of hydrogen-bond acceptors (Lipinski definition) is 2. The first-order chi connectivity index (χ1) is 8.70. The highest BCUT2D eigenvalue weighted by Gasteiger charge is 2.13. The number of likely N-dealkylation sites (N-methyl/N-ethyl adjacent to an activating group) is 1. The van der Waals surface area contributed by atoms with Crippen LogP contribution in [0.2, 0.25) is 5.02 Å². The quantitative estimate of drug-likeness (QED) is 0.916. The van der Waals surface area contributed by atoms with E-state index in [4.69, 9.17) is 11.6 Å². The van der Waals surface area contributed by atoms with E-state index in [1.807, 2.05) is 31.3 Å². The zero-order chi connectivity index (χ0) is 13.0. The number of rotatable bonds is 4. The number of pyridine rings is 1. The van der Waals surface area contributed by atoms with E-state index in [9.17, 15) is 4.39 Å². The van der Waals surface area contributed by atoms with E-state index in [2.05, 4.69) is 10.3 Å². The van der Waals surface area contributed by atoms with Crippen LogP contribution < -0.4 is 5.32 Å². The van der Waals surface area contributed by atoms with Crippen LogP contribution >= 0.6 is 11.6 Å². The van der Waals surface area contributed by atoms with Gasteiger partial charge in [0.25, 0.3) is 0 Å². The molecule has 0 fully saturated rings. The fraction of sp³-hybridized carbons (Fsp3) is 0.214. The van der Waals surface area contributed by atoms with Crippen LogP contribution in [0.1, 0.15) is 17.3 Å². The molecule has 2 nitrogen and oxygen atoms in total. The minimum absolute atomic E-state index is 0.0190. The van der Waals surface area contributed by atoms with Gasteiger partial charge in [0.05, 0.1) is 17.9 Å². The Morgan fingerprint density at radius 1 is 1.28 bits per heavy atom. The zero-order valence-electron chi connectivity index (χ0n) is 10.0. The molecule has 1 aromatic heterocycles. The monoisotopic (exact) mass is 264 g/mol. The van der Waals surface area contributed by atoms with Crippen molar-refractivity contribution in [2.45, 2.75) is 12.5 Å². The molecule has 1 heterocycles. The molecule has 4 heteroatoms. The number of nitrogens with one attached hydrogen (secondary N) is 1. The third-order valence-electron chi connectivity index (χ3n) is 2.84. The molecule has 0 bridgehead atoms. The molecule has 0 amide bonds. The van der Waals surface area contributed by atoms with Crippen molar-refractivity contribution in [1.82, 2.24) is 10.3 Å². The Balaban J connectivity index is 2.20. The van der Waals surface area contributed by atoms with Crippen LogP contribution in [0.15, 0.2) is 42.6 Å². The van der Waals surface area contributed by atoms with Crippen molar-refractivity contribution in [3.8, 4) is 0 Å². The minimum atomic E-state index is -0.327. The molecule has 2 rings (SSSR count). The van der Waals surface area contributed by atoms with Crippen molar-refractivity contribution in [2.24, 2.45) is 0 Å². The van der Waals surface area contributed by atoms with E-state index in [0.29, 0.717) is 0 Å². The van der Waals surface area contributed by atoms with Gasteiger partial charge in [0.1, 0.15) is 5.82 Å². The van der Waals surface area contributed by atoms with Gasteiger partial charge in [-0.2, -0.15) is 0 Å². The summed E-state index contributed by atoms with van der Waals surface area (Å²) in [5, 5.41) is 3.91. The molecule has 0 aliphatic carbocycles. The molecule has 94 valence electrons. The molecule has 0 aliphatic heterocycles. The first kappa shape index (κ1) is 13.0. The maximum atomic E-state index is 12.8. The van der Waals surface area contributed by atoms with Gasteiger partial charge in [0, 0.05) is 5.02 Å². The average Bonchev–Trinajstić information content (AvgIpc) is 2.39. The molecular weight excluding hydrogens is 251 g/mol. The molecule has 0 aliphatic rings. The summed E-state index contributed by atoms with van der Waals surface area (Å²) in [5.74, 6) is -0.327. The van der Waals surface area contributed by atoms with Gasteiger partial charge in [-0.25, -0.2) is 4.39 Å². The summed E-state index contributed by atoms with van der Waals surface area (Å²) in [7, 11) is 1.85. The smallest absolute Gasteiger partial charge is 0.141 e. The standard InChI is InChI=1S/C14H14ClFN2/c1-17-14(13-7-6-11(16)9-18-13)8-10-4-2-3-5-12(10)15/h2-7,9,14,17H,8H2,1H3. The maximum Gasteiger partial charge on any atom is 0.141 e. The lowest BCUT2D eigenvalue weighted by molar-refractivity contribution is 0.565. The molecule has 0 saturated heterocycles. The summed E-state index contributed by atoms with van der Waals surface area (Å²) in [6.45, 7) is 0. The van der Waals surface area contributed by atoms with Gasteiger partial charge in [0.2, 0.25) is 0 Å². The van der Waals surface area contributed by atoms with Crippen LogP contribution in [-0.4, -0.2) is 12.0 Å². The molecule has 0 saturated carbocycles. The molecule has 18 heavy (non-hydrogen) atoms. The Kier molecular flexibility index (Phi) is 4.28. The second-order valence-corrected chi connectivity index (χ2v) is 4.45. The van der Waals surface area contributed by atoms with Crippen molar-refractivity contribution >= 4 is 11.6 Å². The van der Waals surface area contributed by atoms with Crippen LogP contribution in [0.3, 0.4) is 0 Å². The number of nitrogens with zero attached hydrogens (tertiary/aromatic N) is 1. The Morgan fingerprint density at radius 2 is 2.06 bits per heavy atom. The lowest BCUT2D eigenvalue weighted by Gasteiger charge is -2.16. The predicted octanol–water partition coefficient (Wildman–Crippen LogP) is 3.38. The van der Waals surface area contributed by atoms with E-state index < -0.39 is 0 Å². The molecule has 1 atom stereocenters. The molecule has 1 N–H and O–H groups in total. The van der Waals surface area contributed by atoms with Crippen LogP contribution in [0.25, 0.3) is 0 Å². The summed E-state index contributed by atoms with van der Waals surface area (Å²) in [5.41, 5.74) is 1.85. The highest BCUT2D eigenvalue weighted by molar-refractivity contribution is 6.31. The summed E-state index contributed by atoms with van der Waals surface area (Å²) >= 11 is 6.13. The molecule has 0 radical (unpaired) electrons. The lowest BCUT2D eigenvalue weighted by atomic mass is 10.0. The molecule has 1 unspecified atom stereocenters.